The predicted octanol–water partition coefficient (Wildman–Crippen LogP) is 3.21. The van der Waals surface area contributed by atoms with Crippen LogP contribution in [0.3, 0.4) is 0 Å². The Hall–Kier alpha value is -3.28. The summed E-state index contributed by atoms with van der Waals surface area (Å²) < 4.78 is 10.3. The fraction of sp³-hybridized carbons (Fsp3) is 0.111. The van der Waals surface area contributed by atoms with Gasteiger partial charge in [0, 0.05) is 17.3 Å². The minimum Gasteiger partial charge on any atom is -0.507 e. The van der Waals surface area contributed by atoms with E-state index in [4.69, 9.17) is 9.47 Å². The number of hydrogen-bond donors (Lipinski definition) is 2. The van der Waals surface area contributed by atoms with Crippen molar-refractivity contribution in [1.29, 1.82) is 0 Å². The van der Waals surface area contributed by atoms with Gasteiger partial charge in [0.05, 0.1) is 19.8 Å². The van der Waals surface area contributed by atoms with Crippen LogP contribution in [0.4, 0.5) is 5.69 Å². The molecule has 24 heavy (non-hydrogen) atoms. The van der Waals surface area contributed by atoms with Gasteiger partial charge in [0.25, 0.3) is 5.91 Å². The molecule has 0 bridgehead atoms. The van der Waals surface area contributed by atoms with Crippen molar-refractivity contribution < 1.29 is 19.4 Å². The van der Waals surface area contributed by atoms with Crippen LogP contribution in [0.1, 0.15) is 10.4 Å². The zero-order chi connectivity index (χ0) is 17.1. The molecular formula is C18H16N2O4. The predicted molar refractivity (Wildman–Crippen MR) is 90.9 cm³/mol. The molecule has 122 valence electrons. The van der Waals surface area contributed by atoms with Gasteiger partial charge in [-0.3, -0.25) is 4.79 Å². The average Bonchev–Trinajstić information content (AvgIpc) is 2.61. The van der Waals surface area contributed by atoms with Crippen molar-refractivity contribution >= 4 is 22.4 Å². The van der Waals surface area contributed by atoms with Crippen molar-refractivity contribution in [1.82, 2.24) is 4.98 Å². The van der Waals surface area contributed by atoms with E-state index in [1.54, 1.807) is 31.5 Å². The molecule has 6 heteroatoms. The van der Waals surface area contributed by atoms with E-state index >= 15 is 0 Å². The van der Waals surface area contributed by atoms with E-state index in [0.29, 0.717) is 17.3 Å². The molecule has 3 aromatic rings. The van der Waals surface area contributed by atoms with Gasteiger partial charge in [0.2, 0.25) is 5.88 Å². The van der Waals surface area contributed by atoms with Gasteiger partial charge in [0.15, 0.2) is 0 Å². The Balaban J connectivity index is 1.93. The Morgan fingerprint density at radius 3 is 2.67 bits per heavy atom. The lowest BCUT2D eigenvalue weighted by molar-refractivity contribution is 0.102. The van der Waals surface area contributed by atoms with Gasteiger partial charge in [-0.1, -0.05) is 6.07 Å². The quantitative estimate of drug-likeness (QED) is 0.770. The van der Waals surface area contributed by atoms with Gasteiger partial charge in [-0.2, -0.15) is 0 Å². The molecule has 3 rings (SSSR count). The largest absolute Gasteiger partial charge is 0.507 e. The maximum atomic E-state index is 12.4. The summed E-state index contributed by atoms with van der Waals surface area (Å²) >= 11 is 0. The molecule has 0 fully saturated rings. The third-order valence-corrected chi connectivity index (χ3v) is 3.63. The van der Waals surface area contributed by atoms with Gasteiger partial charge < -0.3 is 19.9 Å². The molecule has 0 unspecified atom stereocenters. The number of nitrogens with zero attached hydrogens (tertiary/aromatic N) is 1. The molecule has 6 nitrogen and oxygen atoms in total. The normalized spacial score (nSPS) is 10.4. The molecule has 0 radical (unpaired) electrons. The van der Waals surface area contributed by atoms with E-state index in [-0.39, 0.29) is 11.3 Å². The van der Waals surface area contributed by atoms with Crippen molar-refractivity contribution in [3.8, 4) is 17.4 Å². The van der Waals surface area contributed by atoms with E-state index in [1.807, 2.05) is 12.1 Å². The van der Waals surface area contributed by atoms with Crippen molar-refractivity contribution in [3.63, 3.8) is 0 Å². The van der Waals surface area contributed by atoms with E-state index in [0.717, 1.165) is 10.8 Å². The number of fused-ring (bicyclic) bond motifs is 1. The summed E-state index contributed by atoms with van der Waals surface area (Å²) in [5.74, 6) is 0.414. The Morgan fingerprint density at radius 1 is 1.08 bits per heavy atom. The number of amides is 1. The summed E-state index contributed by atoms with van der Waals surface area (Å²) in [6, 6.07) is 11.7. The molecule has 1 amide bonds. The fourth-order valence-electron chi connectivity index (χ4n) is 2.40. The Kier molecular flexibility index (Phi) is 4.20. The van der Waals surface area contributed by atoms with Crippen LogP contribution in [-0.4, -0.2) is 30.2 Å². The second-order valence-corrected chi connectivity index (χ2v) is 5.09. The minimum atomic E-state index is -0.436. The number of methoxy groups -OCH3 is 2. The lowest BCUT2D eigenvalue weighted by Gasteiger charge is -2.10. The number of phenolic OH excluding ortho intramolecular Hbond substituents is 1. The number of pyridine rings is 1. The first kappa shape index (κ1) is 15.6. The number of aromatic nitrogens is 1. The number of nitrogens with one attached hydrogen (secondary N) is 1. The SMILES string of the molecule is COc1ccc(O)c(C(=O)Nc2ccc3ccnc(OC)c3c2)c1. The molecule has 0 aliphatic carbocycles. The number of benzene rings is 2. The molecule has 0 atom stereocenters. The number of rotatable bonds is 4. The number of hydrogen-bond acceptors (Lipinski definition) is 5. The van der Waals surface area contributed by atoms with E-state index in [1.165, 1.54) is 19.2 Å². The van der Waals surface area contributed by atoms with Gasteiger partial charge >= 0.3 is 0 Å². The van der Waals surface area contributed by atoms with Crippen LogP contribution in [0.5, 0.6) is 17.4 Å². The van der Waals surface area contributed by atoms with Crippen LogP contribution in [0.25, 0.3) is 10.8 Å². The van der Waals surface area contributed by atoms with Crippen LogP contribution >= 0.6 is 0 Å². The van der Waals surface area contributed by atoms with Crippen molar-refractivity contribution in [2.45, 2.75) is 0 Å². The first-order valence-electron chi connectivity index (χ1n) is 7.23. The molecule has 2 N–H and O–H groups in total. The topological polar surface area (TPSA) is 80.7 Å². The van der Waals surface area contributed by atoms with Crippen LogP contribution in [0.2, 0.25) is 0 Å². The first-order valence-corrected chi connectivity index (χ1v) is 7.23. The van der Waals surface area contributed by atoms with Gasteiger partial charge in [-0.05, 0) is 41.8 Å². The molecule has 2 aromatic carbocycles. The summed E-state index contributed by atoms with van der Waals surface area (Å²) in [5, 5.41) is 14.4. The number of aromatic hydroxyl groups is 1. The maximum Gasteiger partial charge on any atom is 0.259 e. The minimum absolute atomic E-state index is 0.117. The Labute approximate surface area is 138 Å². The highest BCUT2D eigenvalue weighted by molar-refractivity contribution is 6.07. The van der Waals surface area contributed by atoms with Gasteiger partial charge in [-0.15, -0.1) is 0 Å². The number of ether oxygens (including phenoxy) is 2. The molecule has 0 saturated heterocycles. The van der Waals surface area contributed by atoms with E-state index < -0.39 is 5.91 Å². The number of carbonyl (C=O) groups is 1. The van der Waals surface area contributed by atoms with E-state index in [2.05, 4.69) is 10.3 Å². The van der Waals surface area contributed by atoms with Gasteiger partial charge in [0.1, 0.15) is 11.5 Å². The third kappa shape index (κ3) is 2.94. The van der Waals surface area contributed by atoms with Gasteiger partial charge in [-0.25, -0.2) is 4.98 Å². The summed E-state index contributed by atoms with van der Waals surface area (Å²) in [4.78, 5) is 16.6. The zero-order valence-corrected chi connectivity index (χ0v) is 13.2. The van der Waals surface area contributed by atoms with Crippen molar-refractivity contribution in [2.75, 3.05) is 19.5 Å². The zero-order valence-electron chi connectivity index (χ0n) is 13.2. The third-order valence-electron chi connectivity index (χ3n) is 3.63. The fourth-order valence-corrected chi connectivity index (χ4v) is 2.40. The Morgan fingerprint density at radius 2 is 1.92 bits per heavy atom. The molecular weight excluding hydrogens is 308 g/mol. The molecule has 0 spiro atoms. The molecule has 0 saturated carbocycles. The summed E-state index contributed by atoms with van der Waals surface area (Å²) in [6.45, 7) is 0. The summed E-state index contributed by atoms with van der Waals surface area (Å²) in [6.07, 6.45) is 1.66. The smallest absolute Gasteiger partial charge is 0.259 e. The van der Waals surface area contributed by atoms with Crippen LogP contribution in [0.15, 0.2) is 48.7 Å². The molecule has 1 heterocycles. The highest BCUT2D eigenvalue weighted by Gasteiger charge is 2.13. The number of phenols is 1. The molecule has 1 aromatic heterocycles. The number of anilines is 1. The standard InChI is InChI=1S/C18H16N2O4/c1-23-13-5-6-16(21)15(10-13)17(22)20-12-4-3-11-7-8-19-18(24-2)14(11)9-12/h3-10,21H,1-2H3,(H,20,22). The summed E-state index contributed by atoms with van der Waals surface area (Å²) in [5.41, 5.74) is 0.702. The number of carbonyl (C=O) groups excluding carboxylic acids is 1. The van der Waals surface area contributed by atoms with Crippen molar-refractivity contribution in [2.24, 2.45) is 0 Å². The second kappa shape index (κ2) is 6.45. The van der Waals surface area contributed by atoms with Crippen LogP contribution < -0.4 is 14.8 Å². The molecule has 0 aliphatic rings. The highest BCUT2D eigenvalue weighted by atomic mass is 16.5. The van der Waals surface area contributed by atoms with Crippen molar-refractivity contribution in [3.05, 3.63) is 54.2 Å². The maximum absolute atomic E-state index is 12.4. The second-order valence-electron chi connectivity index (χ2n) is 5.09. The van der Waals surface area contributed by atoms with Crippen LogP contribution in [0, 0.1) is 0 Å². The molecule has 0 aliphatic heterocycles. The Bertz CT molecular complexity index is 909. The van der Waals surface area contributed by atoms with E-state index in [9.17, 15) is 9.90 Å². The first-order chi connectivity index (χ1) is 11.6. The summed E-state index contributed by atoms with van der Waals surface area (Å²) in [7, 11) is 3.04. The lowest BCUT2D eigenvalue weighted by Crippen LogP contribution is -2.12. The lowest BCUT2D eigenvalue weighted by atomic mass is 10.1. The average molecular weight is 324 g/mol. The highest BCUT2D eigenvalue weighted by Crippen LogP contribution is 2.27. The monoisotopic (exact) mass is 324 g/mol. The van der Waals surface area contributed by atoms with Crippen LogP contribution in [-0.2, 0) is 0 Å².